The van der Waals surface area contributed by atoms with Gasteiger partial charge in [0.1, 0.15) is 0 Å². The number of benzene rings is 1. The summed E-state index contributed by atoms with van der Waals surface area (Å²) in [6.07, 6.45) is 1.29. The second kappa shape index (κ2) is 6.86. The molecule has 0 atom stereocenters. The summed E-state index contributed by atoms with van der Waals surface area (Å²) in [6.45, 7) is 2.74. The molecule has 114 valence electrons. The quantitative estimate of drug-likeness (QED) is 0.825. The van der Waals surface area contributed by atoms with E-state index in [1.165, 1.54) is 19.1 Å². The molecular formula is C14H15Cl3N2O2. The van der Waals surface area contributed by atoms with Crippen LogP contribution in [0.3, 0.4) is 0 Å². The molecule has 1 saturated heterocycles. The van der Waals surface area contributed by atoms with E-state index in [1.54, 1.807) is 4.90 Å². The van der Waals surface area contributed by atoms with Gasteiger partial charge in [0.15, 0.2) is 0 Å². The number of rotatable bonds is 2. The molecule has 0 aliphatic carbocycles. The van der Waals surface area contributed by atoms with Crippen LogP contribution in [-0.2, 0) is 9.59 Å². The third-order valence-electron chi connectivity index (χ3n) is 3.58. The van der Waals surface area contributed by atoms with Gasteiger partial charge in [-0.15, -0.1) is 0 Å². The van der Waals surface area contributed by atoms with E-state index in [1.807, 2.05) is 0 Å². The molecule has 1 aliphatic heterocycles. The van der Waals surface area contributed by atoms with Gasteiger partial charge in [-0.1, -0.05) is 34.8 Å². The third-order valence-corrected chi connectivity index (χ3v) is 4.61. The van der Waals surface area contributed by atoms with Gasteiger partial charge in [-0.25, -0.2) is 0 Å². The number of hydrogen-bond donors (Lipinski definition) is 1. The number of hydrogen-bond acceptors (Lipinski definition) is 2. The maximum absolute atomic E-state index is 12.2. The Bertz CT molecular complexity index is 570. The van der Waals surface area contributed by atoms with Crippen molar-refractivity contribution < 1.29 is 9.59 Å². The van der Waals surface area contributed by atoms with Crippen LogP contribution in [0.5, 0.6) is 0 Å². The zero-order valence-corrected chi connectivity index (χ0v) is 13.7. The predicted octanol–water partition coefficient (Wildman–Crippen LogP) is 3.84. The molecule has 2 amide bonds. The van der Waals surface area contributed by atoms with Gasteiger partial charge in [0.05, 0.1) is 20.8 Å². The summed E-state index contributed by atoms with van der Waals surface area (Å²) >= 11 is 17.8. The number of carbonyl (C=O) groups excluding carboxylic acids is 2. The zero-order valence-electron chi connectivity index (χ0n) is 11.5. The van der Waals surface area contributed by atoms with Gasteiger partial charge in [0.25, 0.3) is 0 Å². The molecule has 0 bridgehead atoms. The van der Waals surface area contributed by atoms with Crippen LogP contribution in [0.2, 0.25) is 15.1 Å². The van der Waals surface area contributed by atoms with Gasteiger partial charge in [-0.2, -0.15) is 0 Å². The van der Waals surface area contributed by atoms with Gasteiger partial charge in [-0.05, 0) is 25.0 Å². The first-order chi connectivity index (χ1) is 9.88. The largest absolute Gasteiger partial charge is 0.343 e. The Morgan fingerprint density at radius 1 is 1.10 bits per heavy atom. The van der Waals surface area contributed by atoms with Crippen molar-refractivity contribution in [2.75, 3.05) is 18.4 Å². The Kier molecular flexibility index (Phi) is 5.36. The highest BCUT2D eigenvalue weighted by atomic mass is 35.5. The maximum Gasteiger partial charge on any atom is 0.227 e. The van der Waals surface area contributed by atoms with Crippen molar-refractivity contribution in [1.29, 1.82) is 0 Å². The highest BCUT2D eigenvalue weighted by Crippen LogP contribution is 2.32. The fourth-order valence-electron chi connectivity index (χ4n) is 2.31. The van der Waals surface area contributed by atoms with Crippen molar-refractivity contribution in [1.82, 2.24) is 4.90 Å². The average molecular weight is 350 g/mol. The number of anilines is 1. The van der Waals surface area contributed by atoms with E-state index in [-0.39, 0.29) is 17.7 Å². The lowest BCUT2D eigenvalue weighted by Gasteiger charge is -2.30. The van der Waals surface area contributed by atoms with Gasteiger partial charge in [0, 0.05) is 25.9 Å². The summed E-state index contributed by atoms with van der Waals surface area (Å²) in [7, 11) is 0. The van der Waals surface area contributed by atoms with Gasteiger partial charge in [0.2, 0.25) is 11.8 Å². The van der Waals surface area contributed by atoms with Crippen molar-refractivity contribution in [2.45, 2.75) is 19.8 Å². The number of piperidine rings is 1. The van der Waals surface area contributed by atoms with Crippen molar-refractivity contribution in [2.24, 2.45) is 5.92 Å². The lowest BCUT2D eigenvalue weighted by Crippen LogP contribution is -2.40. The first kappa shape index (κ1) is 16.4. The van der Waals surface area contributed by atoms with Crippen molar-refractivity contribution in [3.05, 3.63) is 27.2 Å². The van der Waals surface area contributed by atoms with E-state index in [2.05, 4.69) is 5.32 Å². The molecule has 21 heavy (non-hydrogen) atoms. The molecule has 1 heterocycles. The molecule has 1 aromatic rings. The van der Waals surface area contributed by atoms with Crippen LogP contribution >= 0.6 is 34.8 Å². The van der Waals surface area contributed by atoms with E-state index < -0.39 is 0 Å². The summed E-state index contributed by atoms with van der Waals surface area (Å²) in [5.74, 6) is -0.203. The monoisotopic (exact) mass is 348 g/mol. The van der Waals surface area contributed by atoms with Gasteiger partial charge >= 0.3 is 0 Å². The van der Waals surface area contributed by atoms with Gasteiger partial charge in [-0.3, -0.25) is 9.59 Å². The lowest BCUT2D eigenvalue weighted by molar-refractivity contribution is -0.132. The molecule has 1 N–H and O–H groups in total. The summed E-state index contributed by atoms with van der Waals surface area (Å²) in [5.41, 5.74) is 0.449. The Morgan fingerprint density at radius 3 is 2.24 bits per heavy atom. The van der Waals surface area contributed by atoms with E-state index in [0.29, 0.717) is 46.7 Å². The third kappa shape index (κ3) is 4.02. The highest BCUT2D eigenvalue weighted by molar-refractivity contribution is 6.44. The molecule has 0 spiro atoms. The van der Waals surface area contributed by atoms with Crippen LogP contribution in [0, 0.1) is 5.92 Å². The minimum atomic E-state index is -0.133. The molecule has 4 nitrogen and oxygen atoms in total. The topological polar surface area (TPSA) is 49.4 Å². The standard InChI is InChI=1S/C14H15Cl3N2O2/c1-8(20)19-4-2-9(3-5-19)14(21)18-13-7-11(16)10(15)6-12(13)17/h6-7,9H,2-5H2,1H3,(H,18,21). The van der Waals surface area contributed by atoms with Crippen molar-refractivity contribution in [3.8, 4) is 0 Å². The summed E-state index contributed by atoms with van der Waals surface area (Å²) < 4.78 is 0. The summed E-state index contributed by atoms with van der Waals surface area (Å²) in [6, 6.07) is 3.04. The van der Waals surface area contributed by atoms with E-state index in [0.717, 1.165) is 0 Å². The number of nitrogens with zero attached hydrogens (tertiary/aromatic N) is 1. The molecule has 1 fully saturated rings. The van der Waals surface area contributed by atoms with Crippen LogP contribution in [0.4, 0.5) is 5.69 Å². The average Bonchev–Trinajstić information content (AvgIpc) is 2.44. The fourth-order valence-corrected chi connectivity index (χ4v) is 2.90. The molecule has 2 rings (SSSR count). The minimum Gasteiger partial charge on any atom is -0.343 e. The van der Waals surface area contributed by atoms with E-state index in [9.17, 15) is 9.59 Å². The number of nitrogens with one attached hydrogen (secondary N) is 1. The first-order valence-electron chi connectivity index (χ1n) is 6.59. The van der Waals surface area contributed by atoms with Crippen molar-refractivity contribution in [3.63, 3.8) is 0 Å². The number of amides is 2. The molecular weight excluding hydrogens is 335 g/mol. The number of carbonyl (C=O) groups is 2. The van der Waals surface area contributed by atoms with Gasteiger partial charge < -0.3 is 10.2 Å². The normalized spacial score (nSPS) is 15.9. The zero-order chi connectivity index (χ0) is 15.6. The molecule has 0 radical (unpaired) electrons. The molecule has 7 heteroatoms. The predicted molar refractivity (Wildman–Crippen MR) is 85.1 cm³/mol. The minimum absolute atomic E-state index is 0.0429. The SMILES string of the molecule is CC(=O)N1CCC(C(=O)Nc2cc(Cl)c(Cl)cc2Cl)CC1. The smallest absolute Gasteiger partial charge is 0.227 e. The lowest BCUT2D eigenvalue weighted by atomic mass is 9.96. The second-order valence-corrected chi connectivity index (χ2v) is 6.24. The molecule has 0 aromatic heterocycles. The first-order valence-corrected chi connectivity index (χ1v) is 7.73. The van der Waals surface area contributed by atoms with Crippen LogP contribution in [-0.4, -0.2) is 29.8 Å². The Hall–Kier alpha value is -0.970. The fraction of sp³-hybridized carbons (Fsp3) is 0.429. The van der Waals surface area contributed by atoms with Crippen LogP contribution in [0.1, 0.15) is 19.8 Å². The molecule has 1 aliphatic rings. The summed E-state index contributed by atoms with van der Waals surface area (Å²) in [4.78, 5) is 25.3. The van der Waals surface area contributed by atoms with Crippen LogP contribution < -0.4 is 5.32 Å². The number of likely N-dealkylation sites (tertiary alicyclic amines) is 1. The van der Waals surface area contributed by atoms with Crippen LogP contribution in [0.15, 0.2) is 12.1 Å². The van der Waals surface area contributed by atoms with Crippen LogP contribution in [0.25, 0.3) is 0 Å². The van der Waals surface area contributed by atoms with E-state index >= 15 is 0 Å². The number of halogens is 3. The molecule has 0 unspecified atom stereocenters. The highest BCUT2D eigenvalue weighted by Gasteiger charge is 2.26. The summed E-state index contributed by atoms with van der Waals surface area (Å²) in [5, 5.41) is 3.80. The second-order valence-electron chi connectivity index (χ2n) is 5.02. The Balaban J connectivity index is 2.00. The Labute approximate surface area is 138 Å². The molecule has 0 saturated carbocycles. The van der Waals surface area contributed by atoms with E-state index in [4.69, 9.17) is 34.8 Å². The Morgan fingerprint density at radius 2 is 1.67 bits per heavy atom. The molecule has 1 aromatic carbocycles. The van der Waals surface area contributed by atoms with Crippen molar-refractivity contribution >= 4 is 52.3 Å². The maximum atomic E-state index is 12.2.